The van der Waals surface area contributed by atoms with Crippen molar-refractivity contribution in [2.24, 2.45) is 5.73 Å². The Morgan fingerprint density at radius 3 is 2.69 bits per heavy atom. The van der Waals surface area contributed by atoms with Crippen LogP contribution in [0.1, 0.15) is 24.8 Å². The van der Waals surface area contributed by atoms with Crippen LogP contribution in [0.15, 0.2) is 41.1 Å². The molecule has 0 unspecified atom stereocenters. The number of nitro benzene ring substituents is 1. The van der Waals surface area contributed by atoms with Crippen molar-refractivity contribution >= 4 is 29.0 Å². The van der Waals surface area contributed by atoms with Gasteiger partial charge in [-0.05, 0) is 36.0 Å². The lowest BCUT2D eigenvalue weighted by atomic mass is 9.79. The molecule has 2 atom stereocenters. The van der Waals surface area contributed by atoms with Gasteiger partial charge >= 0.3 is 5.97 Å². The lowest BCUT2D eigenvalue weighted by molar-refractivity contribution is -0.384. The zero-order valence-electron chi connectivity index (χ0n) is 15.3. The van der Waals surface area contributed by atoms with E-state index in [1.165, 1.54) is 23.1 Å². The Morgan fingerprint density at radius 2 is 2.07 bits per heavy atom. The minimum absolute atomic E-state index is 0.174. The molecule has 0 spiro atoms. The van der Waals surface area contributed by atoms with Gasteiger partial charge in [0.15, 0.2) is 0 Å². The number of nitro groups is 1. The number of rotatable bonds is 4. The number of carboxylic acids is 1. The fourth-order valence-electron chi connectivity index (χ4n) is 4.25. The van der Waals surface area contributed by atoms with Gasteiger partial charge in [0.2, 0.25) is 11.8 Å². The maximum Gasteiger partial charge on any atom is 0.352 e. The summed E-state index contributed by atoms with van der Waals surface area (Å²) in [7, 11) is 0. The first-order valence-corrected chi connectivity index (χ1v) is 9.13. The van der Waals surface area contributed by atoms with E-state index in [1.54, 1.807) is 6.07 Å². The Morgan fingerprint density at radius 1 is 1.31 bits per heavy atom. The predicted octanol–water partition coefficient (Wildman–Crippen LogP) is 0.539. The molecule has 2 amide bonds. The summed E-state index contributed by atoms with van der Waals surface area (Å²) in [4.78, 5) is 48.6. The maximum absolute atomic E-state index is 12.4. The van der Waals surface area contributed by atoms with E-state index in [4.69, 9.17) is 5.73 Å². The van der Waals surface area contributed by atoms with Crippen LogP contribution in [0.3, 0.4) is 0 Å². The van der Waals surface area contributed by atoms with Crippen LogP contribution in [0, 0.1) is 10.1 Å². The molecule has 0 bridgehead atoms. The van der Waals surface area contributed by atoms with E-state index in [0.717, 1.165) is 0 Å². The Kier molecular flexibility index (Phi) is 4.42. The predicted molar refractivity (Wildman–Crippen MR) is 100 cm³/mol. The van der Waals surface area contributed by atoms with E-state index in [1.807, 2.05) is 0 Å². The molecule has 2 saturated heterocycles. The largest absolute Gasteiger partial charge is 0.477 e. The van der Waals surface area contributed by atoms with Gasteiger partial charge in [0.25, 0.3) is 5.69 Å². The third-order valence-corrected chi connectivity index (χ3v) is 5.57. The molecule has 4 rings (SSSR count). The molecule has 150 valence electrons. The number of nitrogens with two attached hydrogens (primary N) is 1. The molecule has 0 aromatic heterocycles. The fraction of sp³-hybridized carbons (Fsp3) is 0.316. The van der Waals surface area contributed by atoms with Gasteiger partial charge in [-0.3, -0.25) is 24.6 Å². The van der Waals surface area contributed by atoms with Crippen LogP contribution in [0.4, 0.5) is 5.69 Å². The summed E-state index contributed by atoms with van der Waals surface area (Å²) < 4.78 is 0. The average molecular weight is 398 g/mol. The van der Waals surface area contributed by atoms with E-state index in [2.05, 4.69) is 5.32 Å². The summed E-state index contributed by atoms with van der Waals surface area (Å²) in [5.41, 5.74) is 6.82. The number of carboxylic acid groups (broad SMARTS) is 1. The number of aliphatic carboxylic acids is 1. The number of nitrogens with one attached hydrogen (secondary N) is 1. The monoisotopic (exact) mass is 398 g/mol. The maximum atomic E-state index is 12.4. The summed E-state index contributed by atoms with van der Waals surface area (Å²) in [6, 6.07) is 4.58. The van der Waals surface area contributed by atoms with Crippen LogP contribution in [0.2, 0.25) is 0 Å². The van der Waals surface area contributed by atoms with Gasteiger partial charge < -0.3 is 16.2 Å². The molecule has 4 N–H and O–H groups in total. The number of hydrogen-bond acceptors (Lipinski definition) is 6. The molecule has 3 aliphatic heterocycles. The second-order valence-corrected chi connectivity index (χ2v) is 7.14. The minimum Gasteiger partial charge on any atom is -0.477 e. The number of non-ortho nitro benzene ring substituents is 1. The molecule has 10 heteroatoms. The van der Waals surface area contributed by atoms with E-state index < -0.39 is 28.9 Å². The van der Waals surface area contributed by atoms with Crippen molar-refractivity contribution in [2.75, 3.05) is 6.54 Å². The van der Waals surface area contributed by atoms with E-state index in [-0.39, 0.29) is 17.3 Å². The summed E-state index contributed by atoms with van der Waals surface area (Å²) >= 11 is 0. The molecule has 0 radical (unpaired) electrons. The number of amides is 2. The van der Waals surface area contributed by atoms with Crippen LogP contribution in [0.5, 0.6) is 0 Å². The second kappa shape index (κ2) is 6.82. The molecular weight excluding hydrogens is 380 g/mol. The van der Waals surface area contributed by atoms with Crippen molar-refractivity contribution in [3.63, 3.8) is 0 Å². The number of benzene rings is 1. The Labute approximate surface area is 164 Å². The quantitative estimate of drug-likeness (QED) is 0.289. The Balaban J connectivity index is 1.96. The molecule has 10 nitrogen and oxygen atoms in total. The fourth-order valence-corrected chi connectivity index (χ4v) is 4.25. The summed E-state index contributed by atoms with van der Waals surface area (Å²) in [6.07, 6.45) is 1.09. The van der Waals surface area contributed by atoms with Crippen molar-refractivity contribution in [2.45, 2.75) is 31.3 Å². The van der Waals surface area contributed by atoms with Gasteiger partial charge in [0.05, 0.1) is 11.0 Å². The number of carbonyl (C=O) groups is 3. The van der Waals surface area contributed by atoms with E-state index in [0.29, 0.717) is 48.1 Å². The van der Waals surface area contributed by atoms with Gasteiger partial charge in [-0.15, -0.1) is 0 Å². The minimum atomic E-state index is -1.30. The molecule has 3 aliphatic rings. The third-order valence-electron chi connectivity index (χ3n) is 5.57. The number of fused-ring (bicyclic) bond motifs is 1. The van der Waals surface area contributed by atoms with Crippen molar-refractivity contribution in [3.05, 3.63) is 56.8 Å². The zero-order valence-corrected chi connectivity index (χ0v) is 15.3. The summed E-state index contributed by atoms with van der Waals surface area (Å²) in [5.74, 6) is -2.13. The average Bonchev–Trinajstić information content (AvgIpc) is 3.12. The van der Waals surface area contributed by atoms with Crippen LogP contribution in [-0.4, -0.2) is 51.3 Å². The molecule has 1 aromatic rings. The highest BCUT2D eigenvalue weighted by molar-refractivity contribution is 6.09. The number of allylic oxidation sites excluding steroid dienone is 2. The molecule has 29 heavy (non-hydrogen) atoms. The second-order valence-electron chi connectivity index (χ2n) is 7.14. The first-order valence-electron chi connectivity index (χ1n) is 9.13. The normalized spacial score (nSPS) is 25.3. The number of hydrogen-bond donors (Lipinski definition) is 3. The topological polar surface area (TPSA) is 156 Å². The SMILES string of the molecule is N[C@@H]1C(=O)N2C(C(=O)O)=C(C(=C3CCNC3=O)c3cccc([N+](=O)[O-])c3)CC[C@H]12. The highest BCUT2D eigenvalue weighted by atomic mass is 16.6. The standard InChI is InChI=1S/C19H18N4O6/c20-15-13-5-4-11(16(19(26)27)22(13)18(15)25)14(12-6-7-21-17(12)24)9-2-1-3-10(8-9)23(28)29/h1-3,8,13,15H,4-7,20H2,(H,21,24)(H,26,27)/t13-,15+/m1/s1. The zero-order chi connectivity index (χ0) is 20.9. The molecule has 1 aromatic carbocycles. The summed E-state index contributed by atoms with van der Waals surface area (Å²) in [5, 5.41) is 23.8. The summed E-state index contributed by atoms with van der Waals surface area (Å²) in [6.45, 7) is 0.387. The lowest BCUT2D eigenvalue weighted by Crippen LogP contribution is -2.69. The van der Waals surface area contributed by atoms with Crippen LogP contribution >= 0.6 is 0 Å². The highest BCUT2D eigenvalue weighted by Crippen LogP contribution is 2.43. The van der Waals surface area contributed by atoms with Crippen molar-refractivity contribution in [1.29, 1.82) is 0 Å². The van der Waals surface area contributed by atoms with Gasteiger partial charge in [0.1, 0.15) is 11.7 Å². The van der Waals surface area contributed by atoms with Gasteiger partial charge in [-0.1, -0.05) is 12.1 Å². The number of nitrogens with zero attached hydrogens (tertiary/aromatic N) is 2. The molecule has 3 heterocycles. The van der Waals surface area contributed by atoms with Crippen LogP contribution in [-0.2, 0) is 14.4 Å². The Hall–Kier alpha value is -3.53. The van der Waals surface area contributed by atoms with Crippen molar-refractivity contribution in [3.8, 4) is 0 Å². The molecule has 0 saturated carbocycles. The third kappa shape index (κ3) is 2.88. The Bertz CT molecular complexity index is 1030. The van der Waals surface area contributed by atoms with Gasteiger partial charge in [0, 0.05) is 24.3 Å². The van der Waals surface area contributed by atoms with Gasteiger partial charge in [-0.25, -0.2) is 4.79 Å². The number of β-lactam (4-membered cyclic amide) rings is 1. The lowest BCUT2D eigenvalue weighted by Gasteiger charge is -2.49. The van der Waals surface area contributed by atoms with Gasteiger partial charge in [-0.2, -0.15) is 0 Å². The van der Waals surface area contributed by atoms with Crippen LogP contribution in [0.25, 0.3) is 5.57 Å². The smallest absolute Gasteiger partial charge is 0.352 e. The molecule has 0 aliphatic carbocycles. The van der Waals surface area contributed by atoms with E-state index in [9.17, 15) is 29.6 Å². The molecule has 2 fully saturated rings. The van der Waals surface area contributed by atoms with Crippen molar-refractivity contribution in [1.82, 2.24) is 10.2 Å². The highest BCUT2D eigenvalue weighted by Gasteiger charge is 2.51. The first-order chi connectivity index (χ1) is 13.8. The van der Waals surface area contributed by atoms with Crippen LogP contribution < -0.4 is 11.1 Å². The molecular formula is C19H18N4O6. The number of carbonyl (C=O) groups excluding carboxylic acids is 2. The first kappa shape index (κ1) is 18.8. The van der Waals surface area contributed by atoms with Crippen molar-refractivity contribution < 1.29 is 24.4 Å². The van der Waals surface area contributed by atoms with E-state index >= 15 is 0 Å².